The number of Topliss-reactive ketones (excluding diaryl/α,β-unsaturated/α-hetero) is 1. The molecule has 0 aliphatic heterocycles. The molecule has 1 aromatic carbocycles. The lowest BCUT2D eigenvalue weighted by Gasteiger charge is -2.19. The van der Waals surface area contributed by atoms with Crippen molar-refractivity contribution in [1.82, 2.24) is 0 Å². The Hall–Kier alpha value is -2.63. The molecule has 1 atom stereocenters. The monoisotopic (exact) mass is 388 g/mol. The van der Waals surface area contributed by atoms with E-state index in [2.05, 4.69) is 6.92 Å². The van der Waals surface area contributed by atoms with Crippen molar-refractivity contribution in [3.05, 3.63) is 39.2 Å². The van der Waals surface area contributed by atoms with Crippen LogP contribution in [0, 0.1) is 6.92 Å². The average Bonchev–Trinajstić information content (AvgIpc) is 2.65. The van der Waals surface area contributed by atoms with Gasteiger partial charge in [-0.15, -0.1) is 0 Å². The van der Waals surface area contributed by atoms with Crippen molar-refractivity contribution in [3.63, 3.8) is 0 Å². The molecule has 28 heavy (non-hydrogen) atoms. The van der Waals surface area contributed by atoms with Crippen LogP contribution in [0.3, 0.4) is 0 Å². The number of carbonyl (C=O) groups excluding carboxylic acids is 2. The van der Waals surface area contributed by atoms with Gasteiger partial charge in [0.2, 0.25) is 0 Å². The first kappa shape index (κ1) is 21.7. The summed E-state index contributed by atoms with van der Waals surface area (Å²) in [6, 6.07) is 3.42. The smallest absolute Gasteiger partial charge is 0.347 e. The SMILES string of the molecule is CCCCc1c(C)c2ccc(OC(CC)C(=O)OCC)c(C(C)=O)c2oc1=O. The molecule has 0 spiro atoms. The largest absolute Gasteiger partial charge is 0.478 e. The van der Waals surface area contributed by atoms with Crippen molar-refractivity contribution >= 4 is 22.7 Å². The molecule has 1 unspecified atom stereocenters. The van der Waals surface area contributed by atoms with Crippen LogP contribution in [0.2, 0.25) is 0 Å². The highest BCUT2D eigenvalue weighted by Gasteiger charge is 2.25. The number of esters is 1. The number of hydrogen-bond donors (Lipinski definition) is 0. The lowest BCUT2D eigenvalue weighted by Crippen LogP contribution is -2.29. The Labute approximate surface area is 164 Å². The highest BCUT2D eigenvalue weighted by atomic mass is 16.6. The number of ketones is 1. The van der Waals surface area contributed by atoms with E-state index in [9.17, 15) is 14.4 Å². The molecule has 152 valence electrons. The Morgan fingerprint density at radius 2 is 1.89 bits per heavy atom. The van der Waals surface area contributed by atoms with Gasteiger partial charge in [0.25, 0.3) is 0 Å². The van der Waals surface area contributed by atoms with E-state index in [4.69, 9.17) is 13.9 Å². The van der Waals surface area contributed by atoms with E-state index in [1.165, 1.54) is 6.92 Å². The van der Waals surface area contributed by atoms with Crippen LogP contribution in [0.5, 0.6) is 5.75 Å². The number of aryl methyl sites for hydroxylation is 1. The van der Waals surface area contributed by atoms with Crippen LogP contribution < -0.4 is 10.4 Å². The average molecular weight is 388 g/mol. The van der Waals surface area contributed by atoms with E-state index in [1.807, 2.05) is 6.92 Å². The zero-order valence-electron chi connectivity index (χ0n) is 17.2. The first-order chi connectivity index (χ1) is 13.3. The van der Waals surface area contributed by atoms with Crippen molar-refractivity contribution in [2.75, 3.05) is 6.61 Å². The Kier molecular flexibility index (Phi) is 7.38. The molecule has 6 heteroatoms. The molecule has 0 aliphatic rings. The number of fused-ring (bicyclic) bond motifs is 1. The van der Waals surface area contributed by atoms with Gasteiger partial charge in [-0.3, -0.25) is 4.79 Å². The molecule has 0 bridgehead atoms. The molecule has 1 aromatic heterocycles. The fourth-order valence-corrected chi connectivity index (χ4v) is 3.20. The van der Waals surface area contributed by atoms with Crippen LogP contribution in [-0.2, 0) is 16.0 Å². The second-order valence-corrected chi connectivity index (χ2v) is 6.73. The third-order valence-electron chi connectivity index (χ3n) is 4.74. The molecule has 2 aromatic rings. The Morgan fingerprint density at radius 1 is 1.18 bits per heavy atom. The van der Waals surface area contributed by atoms with E-state index in [0.717, 1.165) is 18.4 Å². The van der Waals surface area contributed by atoms with Gasteiger partial charge in [0.1, 0.15) is 11.3 Å². The summed E-state index contributed by atoms with van der Waals surface area (Å²) in [5.41, 5.74) is 1.38. The normalized spacial score (nSPS) is 12.0. The fourth-order valence-electron chi connectivity index (χ4n) is 3.20. The predicted octanol–water partition coefficient (Wildman–Crippen LogP) is 4.37. The van der Waals surface area contributed by atoms with Crippen molar-refractivity contribution in [2.24, 2.45) is 0 Å². The van der Waals surface area contributed by atoms with Gasteiger partial charge >= 0.3 is 11.6 Å². The predicted molar refractivity (Wildman–Crippen MR) is 107 cm³/mol. The van der Waals surface area contributed by atoms with Crippen LogP contribution in [0.1, 0.15) is 68.4 Å². The van der Waals surface area contributed by atoms with Gasteiger partial charge in [-0.05, 0) is 57.7 Å². The second kappa shape index (κ2) is 9.53. The van der Waals surface area contributed by atoms with Gasteiger partial charge in [-0.2, -0.15) is 0 Å². The third-order valence-corrected chi connectivity index (χ3v) is 4.74. The molecular formula is C22H28O6. The van der Waals surface area contributed by atoms with Crippen molar-refractivity contribution in [1.29, 1.82) is 0 Å². The van der Waals surface area contributed by atoms with Crippen LogP contribution >= 0.6 is 0 Å². The highest BCUT2D eigenvalue weighted by Crippen LogP contribution is 2.32. The number of carbonyl (C=O) groups is 2. The Morgan fingerprint density at radius 3 is 2.46 bits per heavy atom. The van der Waals surface area contributed by atoms with Crippen LogP contribution in [0.15, 0.2) is 21.3 Å². The molecule has 0 saturated heterocycles. The summed E-state index contributed by atoms with van der Waals surface area (Å²) in [4.78, 5) is 37.0. The number of ether oxygens (including phenoxy) is 2. The molecule has 0 saturated carbocycles. The zero-order chi connectivity index (χ0) is 20.8. The maximum Gasteiger partial charge on any atom is 0.347 e. The maximum absolute atomic E-state index is 12.5. The van der Waals surface area contributed by atoms with Gasteiger partial charge in [0, 0.05) is 10.9 Å². The summed E-state index contributed by atoms with van der Waals surface area (Å²) in [6.45, 7) is 9.05. The minimum Gasteiger partial charge on any atom is -0.478 e. The molecule has 1 heterocycles. The second-order valence-electron chi connectivity index (χ2n) is 6.73. The lowest BCUT2D eigenvalue weighted by atomic mass is 9.98. The van der Waals surface area contributed by atoms with E-state index in [1.54, 1.807) is 26.0 Å². The van der Waals surface area contributed by atoms with Gasteiger partial charge in [0.05, 0.1) is 6.61 Å². The Balaban J connectivity index is 2.60. The van der Waals surface area contributed by atoms with E-state index in [0.29, 0.717) is 23.8 Å². The summed E-state index contributed by atoms with van der Waals surface area (Å²) in [6.07, 6.45) is 2.03. The van der Waals surface area contributed by atoms with Crippen molar-refractivity contribution < 1.29 is 23.5 Å². The summed E-state index contributed by atoms with van der Waals surface area (Å²) in [5, 5.41) is 0.701. The quantitative estimate of drug-likeness (QED) is 0.360. The zero-order valence-corrected chi connectivity index (χ0v) is 17.2. The third kappa shape index (κ3) is 4.43. The minimum absolute atomic E-state index is 0.169. The first-order valence-corrected chi connectivity index (χ1v) is 9.79. The van der Waals surface area contributed by atoms with Crippen molar-refractivity contribution in [2.45, 2.75) is 66.4 Å². The number of unbranched alkanes of at least 4 members (excludes halogenated alkanes) is 1. The summed E-state index contributed by atoms with van der Waals surface area (Å²) < 4.78 is 16.4. The summed E-state index contributed by atoms with van der Waals surface area (Å²) in [7, 11) is 0. The maximum atomic E-state index is 12.5. The molecular weight excluding hydrogens is 360 g/mol. The number of benzene rings is 1. The molecule has 0 radical (unpaired) electrons. The van der Waals surface area contributed by atoms with Crippen LogP contribution in [0.4, 0.5) is 0 Å². The minimum atomic E-state index is -0.841. The van der Waals surface area contributed by atoms with Crippen LogP contribution in [-0.4, -0.2) is 24.5 Å². The van der Waals surface area contributed by atoms with E-state index in [-0.39, 0.29) is 29.3 Å². The molecule has 2 rings (SSSR count). The standard InChI is InChI=1S/C22H28O6/c1-6-9-10-16-13(4)15-11-12-18(27-17(7-2)22(25)26-8-3)19(14(5)23)20(15)28-21(16)24/h11-12,17H,6-10H2,1-5H3. The molecule has 6 nitrogen and oxygen atoms in total. The van der Waals surface area contributed by atoms with E-state index < -0.39 is 17.7 Å². The lowest BCUT2D eigenvalue weighted by molar-refractivity contribution is -0.151. The number of rotatable bonds is 9. The topological polar surface area (TPSA) is 82.8 Å². The number of hydrogen-bond acceptors (Lipinski definition) is 6. The van der Waals surface area contributed by atoms with Crippen molar-refractivity contribution in [3.8, 4) is 5.75 Å². The summed E-state index contributed by atoms with van der Waals surface area (Å²) >= 11 is 0. The molecule has 0 amide bonds. The molecule has 0 fully saturated rings. The van der Waals surface area contributed by atoms with Gasteiger partial charge in [0.15, 0.2) is 17.5 Å². The molecule has 0 aliphatic carbocycles. The van der Waals surface area contributed by atoms with Gasteiger partial charge in [-0.25, -0.2) is 9.59 Å². The fraction of sp³-hybridized carbons (Fsp3) is 0.500. The first-order valence-electron chi connectivity index (χ1n) is 9.79. The van der Waals surface area contributed by atoms with Gasteiger partial charge in [-0.1, -0.05) is 20.3 Å². The van der Waals surface area contributed by atoms with Gasteiger partial charge < -0.3 is 13.9 Å². The highest BCUT2D eigenvalue weighted by molar-refractivity contribution is 6.08. The Bertz CT molecular complexity index is 925. The van der Waals surface area contributed by atoms with Crippen LogP contribution in [0.25, 0.3) is 11.0 Å². The molecule has 0 N–H and O–H groups in total. The summed E-state index contributed by atoms with van der Waals surface area (Å²) in [5.74, 6) is -0.584. The van der Waals surface area contributed by atoms with E-state index >= 15 is 0 Å².